The number of nitrogens with zero attached hydrogens (tertiary/aromatic N) is 1. The molecule has 0 unspecified atom stereocenters. The number of aliphatic hydroxyl groups is 1. The first-order chi connectivity index (χ1) is 19.6. The van der Waals surface area contributed by atoms with Gasteiger partial charge in [0.2, 0.25) is 10.0 Å². The number of carbonyl (C=O) groups is 1. The zero-order valence-corrected chi connectivity index (χ0v) is 25.4. The van der Waals surface area contributed by atoms with Crippen LogP contribution in [0.25, 0.3) is 0 Å². The predicted octanol–water partition coefficient (Wildman–Crippen LogP) is 6.05. The largest absolute Gasteiger partial charge is 0.487 e. The molecule has 2 N–H and O–H groups in total. The normalized spacial score (nSPS) is 21.6. The maximum Gasteiger partial charge on any atom is 0.264 e. The van der Waals surface area contributed by atoms with Gasteiger partial charge in [-0.25, -0.2) is 13.1 Å². The Balaban J connectivity index is 1.67. The number of hydrogen-bond acceptors (Lipinski definition) is 6. The van der Waals surface area contributed by atoms with E-state index in [1.165, 1.54) is 6.08 Å². The van der Waals surface area contributed by atoms with Crippen LogP contribution in [0.4, 0.5) is 5.69 Å². The zero-order chi connectivity index (χ0) is 29.6. The third-order valence-corrected chi connectivity index (χ3v) is 10.1. The van der Waals surface area contributed by atoms with Gasteiger partial charge >= 0.3 is 0 Å². The van der Waals surface area contributed by atoms with Crippen molar-refractivity contribution in [3.8, 4) is 5.75 Å². The average Bonchev–Trinajstić information content (AvgIpc) is 2.96. The Labute approximate surface area is 249 Å². The molecule has 41 heavy (non-hydrogen) atoms. The summed E-state index contributed by atoms with van der Waals surface area (Å²) in [6.07, 6.45) is 8.22. The summed E-state index contributed by atoms with van der Waals surface area (Å²) in [4.78, 5) is 15.3. The molecule has 0 radical (unpaired) electrons. The number of aryl methyl sites for hydroxylation is 1. The second kappa shape index (κ2) is 13.4. The van der Waals surface area contributed by atoms with Gasteiger partial charge in [0.1, 0.15) is 12.4 Å². The number of aliphatic hydroxyl groups excluding tert-OH is 1. The number of allylic oxidation sites excluding steroid dienone is 1. The Bertz CT molecular complexity index is 1380. The van der Waals surface area contributed by atoms with E-state index in [0.29, 0.717) is 30.3 Å². The summed E-state index contributed by atoms with van der Waals surface area (Å²) >= 11 is 6.29. The van der Waals surface area contributed by atoms with E-state index in [4.69, 9.17) is 16.3 Å². The maximum atomic E-state index is 13.1. The SMILES string of the molecule is C=CCCS(=O)(=O)NC(=O)c1ccc2c(c1)N(C[C@@H]1CC[C@]1(C)[C@H](O)CC=C)CCCCc1cc(Cl)ccc1CO2. The fourth-order valence-corrected chi connectivity index (χ4v) is 6.98. The van der Waals surface area contributed by atoms with E-state index in [1.807, 2.05) is 18.2 Å². The summed E-state index contributed by atoms with van der Waals surface area (Å²) in [6, 6.07) is 10.9. The van der Waals surface area contributed by atoms with E-state index in [2.05, 4.69) is 29.7 Å². The molecule has 7 nitrogen and oxygen atoms in total. The number of rotatable bonds is 10. The van der Waals surface area contributed by atoms with Gasteiger partial charge in [-0.3, -0.25) is 4.79 Å². The molecule has 1 fully saturated rings. The minimum absolute atomic E-state index is 0.209. The van der Waals surface area contributed by atoms with Crippen LogP contribution >= 0.6 is 11.6 Å². The van der Waals surface area contributed by atoms with Crippen molar-refractivity contribution in [2.24, 2.45) is 11.3 Å². The minimum atomic E-state index is -3.80. The summed E-state index contributed by atoms with van der Waals surface area (Å²) in [7, 11) is -3.80. The summed E-state index contributed by atoms with van der Waals surface area (Å²) in [5.41, 5.74) is 2.97. The second-order valence-electron chi connectivity index (χ2n) is 11.4. The van der Waals surface area contributed by atoms with Crippen molar-refractivity contribution in [3.05, 3.63) is 83.4 Å². The van der Waals surface area contributed by atoms with Crippen LogP contribution in [-0.4, -0.2) is 44.4 Å². The van der Waals surface area contributed by atoms with E-state index in [1.54, 1.807) is 24.3 Å². The quantitative estimate of drug-likeness (QED) is 0.322. The number of hydrogen-bond donors (Lipinski definition) is 2. The Kier molecular flexibility index (Phi) is 10.2. The number of ether oxygens (including phenoxy) is 1. The van der Waals surface area contributed by atoms with Gasteiger partial charge in [-0.15, -0.1) is 13.2 Å². The number of carbonyl (C=O) groups excluding carboxylic acids is 1. The van der Waals surface area contributed by atoms with Gasteiger partial charge in [0, 0.05) is 23.7 Å². The van der Waals surface area contributed by atoms with Crippen LogP contribution in [0.15, 0.2) is 61.7 Å². The number of benzene rings is 2. The van der Waals surface area contributed by atoms with Crippen LogP contribution in [0.2, 0.25) is 5.02 Å². The van der Waals surface area contributed by atoms with Crippen LogP contribution in [-0.2, 0) is 23.1 Å². The molecule has 0 saturated heterocycles. The van der Waals surface area contributed by atoms with Crippen LogP contribution in [0.5, 0.6) is 5.75 Å². The Morgan fingerprint density at radius 3 is 2.73 bits per heavy atom. The smallest absolute Gasteiger partial charge is 0.264 e. The average molecular weight is 601 g/mol. The van der Waals surface area contributed by atoms with Crippen LogP contribution < -0.4 is 14.4 Å². The molecule has 2 aromatic carbocycles. The lowest BCUT2D eigenvalue weighted by Crippen LogP contribution is -2.51. The molecule has 0 bridgehead atoms. The van der Waals surface area contributed by atoms with Gasteiger partial charge in [-0.05, 0) is 97.7 Å². The van der Waals surface area contributed by atoms with Crippen molar-refractivity contribution in [1.82, 2.24) is 4.72 Å². The molecule has 2 aliphatic rings. The third-order valence-electron chi connectivity index (χ3n) is 8.63. The first kappa shape index (κ1) is 31.1. The van der Waals surface area contributed by atoms with Crippen molar-refractivity contribution >= 4 is 33.2 Å². The van der Waals surface area contributed by atoms with Crippen molar-refractivity contribution in [2.75, 3.05) is 23.7 Å². The molecule has 1 heterocycles. The summed E-state index contributed by atoms with van der Waals surface area (Å²) in [5.74, 6) is -0.0326. The maximum absolute atomic E-state index is 13.1. The molecule has 1 amide bonds. The molecule has 4 rings (SSSR count). The van der Waals surface area contributed by atoms with Crippen LogP contribution in [0.3, 0.4) is 0 Å². The lowest BCUT2D eigenvalue weighted by atomic mass is 9.57. The molecule has 2 aromatic rings. The van der Waals surface area contributed by atoms with Crippen LogP contribution in [0, 0.1) is 11.3 Å². The molecule has 0 aromatic heterocycles. The van der Waals surface area contributed by atoms with Crippen LogP contribution in [0.1, 0.15) is 66.9 Å². The monoisotopic (exact) mass is 600 g/mol. The van der Waals surface area contributed by atoms with Crippen molar-refractivity contribution in [2.45, 2.75) is 64.6 Å². The zero-order valence-electron chi connectivity index (χ0n) is 23.8. The highest BCUT2D eigenvalue weighted by Crippen LogP contribution is 2.51. The molecule has 3 atom stereocenters. The number of halogens is 1. The number of anilines is 1. The highest BCUT2D eigenvalue weighted by Gasteiger charge is 2.48. The highest BCUT2D eigenvalue weighted by molar-refractivity contribution is 7.90. The van der Waals surface area contributed by atoms with Gasteiger partial charge < -0.3 is 14.7 Å². The Morgan fingerprint density at radius 1 is 1.22 bits per heavy atom. The number of fused-ring (bicyclic) bond motifs is 2. The van der Waals surface area contributed by atoms with E-state index >= 15 is 0 Å². The summed E-state index contributed by atoms with van der Waals surface area (Å²) in [6.45, 7) is 11.2. The van der Waals surface area contributed by atoms with Gasteiger partial charge in [-0.2, -0.15) is 0 Å². The molecule has 222 valence electrons. The molecule has 0 spiro atoms. The third kappa shape index (κ3) is 7.53. The van der Waals surface area contributed by atoms with E-state index < -0.39 is 22.0 Å². The Morgan fingerprint density at radius 2 is 2.02 bits per heavy atom. The molecule has 1 aliphatic heterocycles. The van der Waals surface area contributed by atoms with Crippen molar-refractivity contribution in [3.63, 3.8) is 0 Å². The first-order valence-corrected chi connectivity index (χ1v) is 16.3. The molecule has 9 heteroatoms. The molecule has 1 saturated carbocycles. The molecular weight excluding hydrogens is 560 g/mol. The number of nitrogens with one attached hydrogen (secondary N) is 1. The predicted molar refractivity (Wildman–Crippen MR) is 165 cm³/mol. The number of sulfonamides is 1. The molecule has 1 aliphatic carbocycles. The Hall–Kier alpha value is -2.81. The van der Waals surface area contributed by atoms with E-state index in [9.17, 15) is 18.3 Å². The fraction of sp³-hybridized carbons (Fsp3) is 0.469. The molecular formula is C32H41ClN2O5S. The standard InChI is InChI=1S/C32H41ClN2O5S/c1-4-6-18-41(38,39)34-31(37)24-12-14-29-28(20-24)35(21-26-15-16-32(26,3)30(36)9-5-2)17-8-7-10-23-19-27(33)13-11-25(23)22-40-29/h4-5,11-14,19-20,26,30,36H,1-2,6-10,15-18,21-22H2,3H3,(H,34,37)/t26-,30+,32-/m0/s1. The van der Waals surface area contributed by atoms with Gasteiger partial charge in [0.05, 0.1) is 17.5 Å². The topological polar surface area (TPSA) is 95.9 Å². The number of amides is 1. The first-order valence-electron chi connectivity index (χ1n) is 14.3. The highest BCUT2D eigenvalue weighted by atomic mass is 35.5. The van der Waals surface area contributed by atoms with E-state index in [0.717, 1.165) is 55.5 Å². The van der Waals surface area contributed by atoms with E-state index in [-0.39, 0.29) is 29.1 Å². The van der Waals surface area contributed by atoms with Gasteiger partial charge in [0.25, 0.3) is 5.91 Å². The summed E-state index contributed by atoms with van der Waals surface area (Å²) < 4.78 is 33.4. The minimum Gasteiger partial charge on any atom is -0.487 e. The van der Waals surface area contributed by atoms with Crippen molar-refractivity contribution in [1.29, 1.82) is 0 Å². The van der Waals surface area contributed by atoms with Gasteiger partial charge in [-0.1, -0.05) is 36.7 Å². The van der Waals surface area contributed by atoms with Gasteiger partial charge in [0.15, 0.2) is 0 Å². The second-order valence-corrected chi connectivity index (χ2v) is 13.7. The summed E-state index contributed by atoms with van der Waals surface area (Å²) in [5, 5.41) is 11.6. The lowest BCUT2D eigenvalue weighted by Gasteiger charge is -2.52. The lowest BCUT2D eigenvalue weighted by molar-refractivity contribution is -0.0693. The fourth-order valence-electron chi connectivity index (χ4n) is 5.80. The van der Waals surface area contributed by atoms with Crippen molar-refractivity contribution < 1.29 is 23.1 Å².